The number of nitro groups is 1. The summed E-state index contributed by atoms with van der Waals surface area (Å²) in [5.74, 6) is 0.508. The Labute approximate surface area is 141 Å². The summed E-state index contributed by atoms with van der Waals surface area (Å²) >= 11 is 5.87. The van der Waals surface area contributed by atoms with Crippen molar-refractivity contribution in [1.82, 2.24) is 5.32 Å². The van der Waals surface area contributed by atoms with Gasteiger partial charge in [0.1, 0.15) is 5.69 Å². The van der Waals surface area contributed by atoms with Crippen molar-refractivity contribution in [2.24, 2.45) is 5.92 Å². The number of aliphatic hydroxyl groups is 1. The normalized spacial score (nSPS) is 17.5. The number of halogens is 1. The van der Waals surface area contributed by atoms with Crippen molar-refractivity contribution in [3.8, 4) is 0 Å². The standard InChI is InChI=1S/C16H24ClN3O3/c1-12(2)10-18-16(11-21)5-7-19(8-6-16)14-4-3-13(17)9-15(14)20(22)23/h3-4,9,12,18,21H,5-8,10-11H2,1-2H3. The van der Waals surface area contributed by atoms with Crippen LogP contribution in [0.2, 0.25) is 5.02 Å². The molecule has 0 amide bonds. The van der Waals surface area contributed by atoms with Crippen LogP contribution in [0.1, 0.15) is 26.7 Å². The predicted octanol–water partition coefficient (Wildman–Crippen LogP) is 2.83. The van der Waals surface area contributed by atoms with Gasteiger partial charge in [-0.2, -0.15) is 0 Å². The lowest BCUT2D eigenvalue weighted by Crippen LogP contribution is -2.56. The van der Waals surface area contributed by atoms with Gasteiger partial charge < -0.3 is 15.3 Å². The van der Waals surface area contributed by atoms with Crippen molar-refractivity contribution in [3.63, 3.8) is 0 Å². The van der Waals surface area contributed by atoms with Crippen molar-refractivity contribution in [3.05, 3.63) is 33.3 Å². The van der Waals surface area contributed by atoms with E-state index in [-0.39, 0.29) is 17.8 Å². The number of rotatable bonds is 6. The second-order valence-electron chi connectivity index (χ2n) is 6.59. The Morgan fingerprint density at radius 2 is 2.09 bits per heavy atom. The van der Waals surface area contributed by atoms with Crippen LogP contribution in [0.4, 0.5) is 11.4 Å². The highest BCUT2D eigenvalue weighted by atomic mass is 35.5. The number of piperidine rings is 1. The third-order valence-corrected chi connectivity index (χ3v) is 4.62. The van der Waals surface area contributed by atoms with Crippen LogP contribution >= 0.6 is 11.6 Å². The zero-order valence-electron chi connectivity index (χ0n) is 13.6. The SMILES string of the molecule is CC(C)CNC1(CO)CCN(c2ccc(Cl)cc2[N+](=O)[O-])CC1. The minimum absolute atomic E-state index is 0.0316. The van der Waals surface area contributed by atoms with Gasteiger partial charge in [-0.1, -0.05) is 25.4 Å². The molecule has 1 heterocycles. The summed E-state index contributed by atoms with van der Waals surface area (Å²) in [7, 11) is 0. The largest absolute Gasteiger partial charge is 0.394 e. The fourth-order valence-corrected chi connectivity index (χ4v) is 3.06. The Bertz CT molecular complexity index is 558. The fourth-order valence-electron chi connectivity index (χ4n) is 2.90. The maximum absolute atomic E-state index is 11.2. The summed E-state index contributed by atoms with van der Waals surface area (Å²) < 4.78 is 0. The van der Waals surface area contributed by atoms with Gasteiger partial charge in [-0.25, -0.2) is 0 Å². The molecule has 0 saturated carbocycles. The first kappa shape index (κ1) is 18.0. The van der Waals surface area contributed by atoms with E-state index in [9.17, 15) is 15.2 Å². The molecule has 1 aliphatic rings. The molecule has 2 N–H and O–H groups in total. The van der Waals surface area contributed by atoms with E-state index in [1.807, 2.05) is 4.90 Å². The summed E-state index contributed by atoms with van der Waals surface area (Å²) in [5.41, 5.74) is 0.334. The van der Waals surface area contributed by atoms with Crippen LogP contribution in [0.5, 0.6) is 0 Å². The lowest BCUT2D eigenvalue weighted by atomic mass is 9.87. The average molecular weight is 342 g/mol. The van der Waals surface area contributed by atoms with Crippen LogP contribution in [-0.4, -0.2) is 41.8 Å². The summed E-state index contributed by atoms with van der Waals surface area (Å²) in [6.45, 7) is 6.51. The van der Waals surface area contributed by atoms with Gasteiger partial charge in [0.25, 0.3) is 5.69 Å². The summed E-state index contributed by atoms with van der Waals surface area (Å²) in [6, 6.07) is 4.77. The first-order valence-corrected chi connectivity index (χ1v) is 8.29. The van der Waals surface area contributed by atoms with Crippen molar-refractivity contribution in [2.45, 2.75) is 32.2 Å². The van der Waals surface area contributed by atoms with E-state index in [1.54, 1.807) is 12.1 Å². The van der Waals surface area contributed by atoms with Gasteiger partial charge in [0.05, 0.1) is 11.5 Å². The summed E-state index contributed by atoms with van der Waals surface area (Å²) in [6.07, 6.45) is 1.49. The second-order valence-corrected chi connectivity index (χ2v) is 7.03. The summed E-state index contributed by atoms with van der Waals surface area (Å²) in [5, 5.41) is 24.9. The van der Waals surface area contributed by atoms with Crippen LogP contribution in [0.15, 0.2) is 18.2 Å². The average Bonchev–Trinajstić information content (AvgIpc) is 2.53. The zero-order chi connectivity index (χ0) is 17.0. The molecule has 0 spiro atoms. The van der Waals surface area contributed by atoms with Crippen LogP contribution in [0.25, 0.3) is 0 Å². The van der Waals surface area contributed by atoms with E-state index in [0.29, 0.717) is 29.7 Å². The molecule has 2 rings (SSSR count). The summed E-state index contributed by atoms with van der Waals surface area (Å²) in [4.78, 5) is 12.8. The molecule has 0 unspecified atom stereocenters. The lowest BCUT2D eigenvalue weighted by molar-refractivity contribution is -0.384. The maximum Gasteiger partial charge on any atom is 0.294 e. The first-order valence-electron chi connectivity index (χ1n) is 7.92. The molecule has 1 aliphatic heterocycles. The van der Waals surface area contributed by atoms with Crippen LogP contribution in [0, 0.1) is 16.0 Å². The van der Waals surface area contributed by atoms with Gasteiger partial charge in [0, 0.05) is 29.7 Å². The number of aliphatic hydroxyl groups excluding tert-OH is 1. The van der Waals surface area contributed by atoms with Gasteiger partial charge in [0.2, 0.25) is 0 Å². The van der Waals surface area contributed by atoms with Crippen LogP contribution in [-0.2, 0) is 0 Å². The van der Waals surface area contributed by atoms with E-state index in [2.05, 4.69) is 19.2 Å². The number of nitrogens with zero attached hydrogens (tertiary/aromatic N) is 2. The van der Waals surface area contributed by atoms with E-state index in [4.69, 9.17) is 11.6 Å². The molecular formula is C16H24ClN3O3. The number of hydrogen-bond donors (Lipinski definition) is 2. The third-order valence-electron chi connectivity index (χ3n) is 4.38. The van der Waals surface area contributed by atoms with Gasteiger partial charge in [0.15, 0.2) is 0 Å². The Morgan fingerprint density at radius 3 is 2.61 bits per heavy atom. The Kier molecular flexibility index (Phi) is 5.84. The highest BCUT2D eigenvalue weighted by Crippen LogP contribution is 2.34. The number of nitrogens with one attached hydrogen (secondary N) is 1. The van der Waals surface area contributed by atoms with Crippen molar-refractivity contribution in [2.75, 3.05) is 31.1 Å². The molecule has 1 saturated heterocycles. The first-order chi connectivity index (χ1) is 10.9. The van der Waals surface area contributed by atoms with E-state index in [0.717, 1.165) is 19.4 Å². The molecule has 6 nitrogen and oxygen atoms in total. The Balaban J connectivity index is 2.11. The van der Waals surface area contributed by atoms with Gasteiger partial charge in [-0.15, -0.1) is 0 Å². The number of nitro benzene ring substituents is 1. The highest BCUT2D eigenvalue weighted by molar-refractivity contribution is 6.30. The van der Waals surface area contributed by atoms with Gasteiger partial charge in [-0.05, 0) is 37.4 Å². The molecule has 23 heavy (non-hydrogen) atoms. The molecular weight excluding hydrogens is 318 g/mol. The molecule has 0 aliphatic carbocycles. The van der Waals surface area contributed by atoms with E-state index < -0.39 is 4.92 Å². The molecule has 1 aromatic carbocycles. The van der Waals surface area contributed by atoms with Crippen molar-refractivity contribution < 1.29 is 10.0 Å². The zero-order valence-corrected chi connectivity index (χ0v) is 14.3. The molecule has 7 heteroatoms. The smallest absolute Gasteiger partial charge is 0.294 e. The maximum atomic E-state index is 11.2. The fraction of sp³-hybridized carbons (Fsp3) is 0.625. The molecule has 0 aromatic heterocycles. The van der Waals surface area contributed by atoms with Gasteiger partial charge in [-0.3, -0.25) is 10.1 Å². The quantitative estimate of drug-likeness (QED) is 0.614. The predicted molar refractivity (Wildman–Crippen MR) is 92.2 cm³/mol. The van der Waals surface area contributed by atoms with Crippen LogP contribution in [0.3, 0.4) is 0 Å². The number of anilines is 1. The van der Waals surface area contributed by atoms with E-state index >= 15 is 0 Å². The molecule has 0 radical (unpaired) electrons. The van der Waals surface area contributed by atoms with Gasteiger partial charge >= 0.3 is 0 Å². The number of benzene rings is 1. The van der Waals surface area contributed by atoms with Crippen molar-refractivity contribution in [1.29, 1.82) is 0 Å². The van der Waals surface area contributed by atoms with Crippen LogP contribution < -0.4 is 10.2 Å². The Hall–Kier alpha value is -1.37. The molecule has 128 valence electrons. The Morgan fingerprint density at radius 1 is 1.43 bits per heavy atom. The monoisotopic (exact) mass is 341 g/mol. The molecule has 0 atom stereocenters. The topological polar surface area (TPSA) is 78.6 Å². The highest BCUT2D eigenvalue weighted by Gasteiger charge is 2.35. The number of hydrogen-bond acceptors (Lipinski definition) is 5. The third kappa shape index (κ3) is 4.34. The lowest BCUT2D eigenvalue weighted by Gasteiger charge is -2.42. The second kappa shape index (κ2) is 7.47. The minimum Gasteiger partial charge on any atom is -0.394 e. The molecule has 0 bridgehead atoms. The molecule has 1 aromatic rings. The van der Waals surface area contributed by atoms with E-state index in [1.165, 1.54) is 6.07 Å². The van der Waals surface area contributed by atoms with Crippen molar-refractivity contribution >= 4 is 23.0 Å². The minimum atomic E-state index is -0.397. The molecule has 1 fully saturated rings.